The van der Waals surface area contributed by atoms with Crippen LogP contribution in [0.25, 0.3) is 0 Å². The van der Waals surface area contributed by atoms with Gasteiger partial charge < -0.3 is 15.8 Å². The maximum Gasteiger partial charge on any atom is 0.227 e. The Morgan fingerprint density at radius 1 is 1.24 bits per heavy atom. The van der Waals surface area contributed by atoms with E-state index >= 15 is 0 Å². The highest BCUT2D eigenvalue weighted by molar-refractivity contribution is 9.10. The molecule has 0 spiro atoms. The number of halogens is 2. The van der Waals surface area contributed by atoms with Gasteiger partial charge in [-0.2, -0.15) is 0 Å². The molecule has 6 heteroatoms. The number of carbonyl (C=O) groups excluding carboxylic acids is 1. The van der Waals surface area contributed by atoms with Gasteiger partial charge in [0, 0.05) is 9.50 Å². The Morgan fingerprint density at radius 2 is 1.95 bits per heavy atom. The van der Waals surface area contributed by atoms with E-state index in [2.05, 4.69) is 21.2 Å². The van der Waals surface area contributed by atoms with Crippen LogP contribution in [0.2, 0.25) is 5.02 Å². The lowest BCUT2D eigenvalue weighted by atomic mass is 10.2. The zero-order chi connectivity index (χ0) is 15.2. The van der Waals surface area contributed by atoms with E-state index in [0.29, 0.717) is 22.1 Å². The van der Waals surface area contributed by atoms with E-state index in [1.165, 1.54) is 0 Å². The van der Waals surface area contributed by atoms with Crippen molar-refractivity contribution < 1.29 is 9.53 Å². The number of nitrogen functional groups attached to an aromatic ring is 1. The number of ether oxygens (including phenoxy) is 1. The second-order valence-electron chi connectivity index (χ2n) is 4.33. The van der Waals surface area contributed by atoms with Gasteiger partial charge in [-0.15, -0.1) is 0 Å². The quantitative estimate of drug-likeness (QED) is 0.780. The van der Waals surface area contributed by atoms with Gasteiger partial charge in [0.1, 0.15) is 5.75 Å². The van der Waals surface area contributed by atoms with Crippen LogP contribution in [-0.2, 0) is 4.79 Å². The first-order chi connectivity index (χ1) is 10.0. The van der Waals surface area contributed by atoms with Gasteiger partial charge in [0.25, 0.3) is 0 Å². The van der Waals surface area contributed by atoms with Crippen LogP contribution in [-0.4, -0.2) is 12.5 Å². The maximum absolute atomic E-state index is 11.8. The second kappa shape index (κ2) is 7.33. The third-order valence-electron chi connectivity index (χ3n) is 2.70. The van der Waals surface area contributed by atoms with Crippen molar-refractivity contribution in [1.29, 1.82) is 0 Å². The monoisotopic (exact) mass is 368 g/mol. The van der Waals surface area contributed by atoms with E-state index in [1.54, 1.807) is 18.2 Å². The summed E-state index contributed by atoms with van der Waals surface area (Å²) in [7, 11) is 0. The molecule has 0 radical (unpaired) electrons. The van der Waals surface area contributed by atoms with E-state index in [9.17, 15) is 4.79 Å². The zero-order valence-electron chi connectivity index (χ0n) is 11.1. The Labute approximate surface area is 136 Å². The molecule has 110 valence electrons. The molecule has 2 aromatic carbocycles. The number of benzene rings is 2. The van der Waals surface area contributed by atoms with E-state index in [-0.39, 0.29) is 18.9 Å². The van der Waals surface area contributed by atoms with Gasteiger partial charge in [-0.25, -0.2) is 0 Å². The molecule has 0 aliphatic rings. The molecule has 0 heterocycles. The molecule has 1 amide bonds. The van der Waals surface area contributed by atoms with Crippen LogP contribution in [0.5, 0.6) is 5.75 Å². The van der Waals surface area contributed by atoms with Crippen LogP contribution >= 0.6 is 27.5 Å². The molecule has 0 aromatic heterocycles. The average molecular weight is 370 g/mol. The normalized spacial score (nSPS) is 10.2. The molecule has 21 heavy (non-hydrogen) atoms. The van der Waals surface area contributed by atoms with Crippen molar-refractivity contribution in [2.45, 2.75) is 6.42 Å². The third-order valence-corrected chi connectivity index (χ3v) is 3.46. The minimum absolute atomic E-state index is 0.180. The molecule has 0 bridgehead atoms. The highest BCUT2D eigenvalue weighted by atomic mass is 79.9. The highest BCUT2D eigenvalue weighted by Gasteiger charge is 2.06. The van der Waals surface area contributed by atoms with Crippen LogP contribution in [0.3, 0.4) is 0 Å². The predicted octanol–water partition coefficient (Wildman–Crippen LogP) is 4.09. The van der Waals surface area contributed by atoms with Crippen molar-refractivity contribution in [2.75, 3.05) is 17.7 Å². The SMILES string of the molecule is Nc1ccc(Cl)cc1NC(=O)CCOc1ccc(Br)cc1. The summed E-state index contributed by atoms with van der Waals surface area (Å²) in [5.41, 5.74) is 6.75. The number of rotatable bonds is 5. The smallest absolute Gasteiger partial charge is 0.227 e. The molecule has 0 atom stereocenters. The fraction of sp³-hybridized carbons (Fsp3) is 0.133. The molecule has 0 aliphatic carbocycles. The number of nitrogens with two attached hydrogens (primary N) is 1. The number of hydrogen-bond acceptors (Lipinski definition) is 3. The van der Waals surface area contributed by atoms with Gasteiger partial charge in [-0.3, -0.25) is 4.79 Å². The van der Waals surface area contributed by atoms with E-state index in [4.69, 9.17) is 22.1 Å². The molecular formula is C15H14BrClN2O2. The van der Waals surface area contributed by atoms with Crippen molar-refractivity contribution in [3.63, 3.8) is 0 Å². The van der Waals surface area contributed by atoms with Crippen molar-refractivity contribution in [1.82, 2.24) is 0 Å². The Morgan fingerprint density at radius 3 is 2.67 bits per heavy atom. The van der Waals surface area contributed by atoms with Crippen molar-refractivity contribution in [3.05, 3.63) is 52.0 Å². The van der Waals surface area contributed by atoms with Gasteiger partial charge in [0.15, 0.2) is 0 Å². The first-order valence-corrected chi connectivity index (χ1v) is 7.45. The molecule has 0 saturated heterocycles. The molecule has 3 N–H and O–H groups in total. The number of carbonyl (C=O) groups is 1. The van der Waals surface area contributed by atoms with E-state index in [1.807, 2.05) is 24.3 Å². The Bertz CT molecular complexity index is 632. The van der Waals surface area contributed by atoms with Crippen LogP contribution in [0.1, 0.15) is 6.42 Å². The Hall–Kier alpha value is -1.72. The summed E-state index contributed by atoms with van der Waals surface area (Å²) < 4.78 is 6.46. The molecule has 0 fully saturated rings. The largest absolute Gasteiger partial charge is 0.493 e. The van der Waals surface area contributed by atoms with Gasteiger partial charge in [0.2, 0.25) is 5.91 Å². The van der Waals surface area contributed by atoms with Gasteiger partial charge in [0.05, 0.1) is 24.4 Å². The standard InChI is InChI=1S/C15H14BrClN2O2/c16-10-1-4-12(5-2-10)21-8-7-15(20)19-14-9-11(17)3-6-13(14)18/h1-6,9H,7-8,18H2,(H,19,20). The lowest BCUT2D eigenvalue weighted by Crippen LogP contribution is -2.16. The van der Waals surface area contributed by atoms with E-state index < -0.39 is 0 Å². The summed E-state index contributed by atoms with van der Waals surface area (Å²) in [6.07, 6.45) is 0.224. The maximum atomic E-state index is 11.8. The van der Waals surface area contributed by atoms with Gasteiger partial charge in [-0.05, 0) is 42.5 Å². The lowest BCUT2D eigenvalue weighted by Gasteiger charge is -2.09. The third kappa shape index (κ3) is 4.95. The fourth-order valence-electron chi connectivity index (χ4n) is 1.64. The summed E-state index contributed by atoms with van der Waals surface area (Å²) in [6, 6.07) is 12.3. The molecule has 0 saturated carbocycles. The number of nitrogens with one attached hydrogen (secondary N) is 1. The highest BCUT2D eigenvalue weighted by Crippen LogP contribution is 2.23. The lowest BCUT2D eigenvalue weighted by molar-refractivity contribution is -0.116. The van der Waals surface area contributed by atoms with Crippen LogP contribution in [0.15, 0.2) is 46.9 Å². The number of amides is 1. The van der Waals surface area contributed by atoms with E-state index in [0.717, 1.165) is 4.47 Å². The number of hydrogen-bond donors (Lipinski definition) is 2. The summed E-state index contributed by atoms with van der Waals surface area (Å²) in [6.45, 7) is 0.286. The zero-order valence-corrected chi connectivity index (χ0v) is 13.4. The predicted molar refractivity (Wildman–Crippen MR) is 88.7 cm³/mol. The molecule has 0 aliphatic heterocycles. The van der Waals surface area contributed by atoms with Crippen LogP contribution in [0.4, 0.5) is 11.4 Å². The van der Waals surface area contributed by atoms with Crippen molar-refractivity contribution in [3.8, 4) is 5.75 Å². The molecular weight excluding hydrogens is 356 g/mol. The summed E-state index contributed by atoms with van der Waals surface area (Å²) in [5.74, 6) is 0.536. The second-order valence-corrected chi connectivity index (χ2v) is 5.68. The first kappa shape index (κ1) is 15.7. The Balaban J connectivity index is 1.82. The van der Waals surface area contributed by atoms with Crippen LogP contribution in [0, 0.1) is 0 Å². The summed E-state index contributed by atoms with van der Waals surface area (Å²) in [5, 5.41) is 3.23. The van der Waals surface area contributed by atoms with Crippen molar-refractivity contribution >= 4 is 44.8 Å². The molecule has 2 aromatic rings. The Kier molecular flexibility index (Phi) is 5.47. The van der Waals surface area contributed by atoms with Crippen molar-refractivity contribution in [2.24, 2.45) is 0 Å². The van der Waals surface area contributed by atoms with Crippen LogP contribution < -0.4 is 15.8 Å². The van der Waals surface area contributed by atoms with Gasteiger partial charge >= 0.3 is 0 Å². The summed E-state index contributed by atoms with van der Waals surface area (Å²) >= 11 is 9.21. The minimum atomic E-state index is -0.180. The first-order valence-electron chi connectivity index (χ1n) is 6.28. The minimum Gasteiger partial charge on any atom is -0.493 e. The molecule has 2 rings (SSSR count). The fourth-order valence-corrected chi connectivity index (χ4v) is 2.08. The number of anilines is 2. The topological polar surface area (TPSA) is 64.3 Å². The molecule has 0 unspecified atom stereocenters. The average Bonchev–Trinajstić information content (AvgIpc) is 2.45. The summed E-state index contributed by atoms with van der Waals surface area (Å²) in [4.78, 5) is 11.8. The molecule has 4 nitrogen and oxygen atoms in total. The van der Waals surface area contributed by atoms with Gasteiger partial charge in [-0.1, -0.05) is 27.5 Å².